The van der Waals surface area contributed by atoms with Crippen LogP contribution in [0.15, 0.2) is 107 Å². The number of hydrogen-bond acceptors (Lipinski definition) is 1. The van der Waals surface area contributed by atoms with E-state index in [9.17, 15) is 0 Å². The third kappa shape index (κ3) is 5.54. The fraction of sp³-hybridized carbons (Fsp3) is 0.161. The van der Waals surface area contributed by atoms with Crippen molar-refractivity contribution in [2.24, 2.45) is 0 Å². The third-order valence-corrected chi connectivity index (χ3v) is 7.25. The van der Waals surface area contributed by atoms with Crippen LogP contribution < -0.4 is 4.90 Å². The lowest BCUT2D eigenvalue weighted by molar-refractivity contribution is 0.664. The molecule has 0 amide bonds. The first-order valence-electron chi connectivity index (χ1n) is 11.7. The minimum Gasteiger partial charge on any atom is -0.311 e. The molecule has 1 nitrogen and oxygen atoms in total. The van der Waals surface area contributed by atoms with Gasteiger partial charge in [0.1, 0.15) is 0 Å². The molecule has 0 saturated heterocycles. The molecule has 0 radical (unpaired) electrons. The normalized spacial score (nSPS) is 11.8. The summed E-state index contributed by atoms with van der Waals surface area (Å²) in [5, 5.41) is 0. The molecule has 0 fully saturated rings. The first kappa shape index (κ1) is 24.5. The Morgan fingerprint density at radius 2 is 1.21 bits per heavy atom. The number of benzene rings is 4. The van der Waals surface area contributed by atoms with Gasteiger partial charge in [-0.1, -0.05) is 95.1 Å². The minimum absolute atomic E-state index is 0.516. The second kappa shape index (κ2) is 11.2. The fourth-order valence-electron chi connectivity index (χ4n) is 4.39. The molecule has 4 aromatic rings. The zero-order valence-corrected chi connectivity index (χ0v) is 22.8. The van der Waals surface area contributed by atoms with Gasteiger partial charge in [-0.05, 0) is 95.3 Å². The van der Waals surface area contributed by atoms with Crippen molar-refractivity contribution in [2.75, 3.05) is 4.90 Å². The lowest BCUT2D eigenvalue weighted by atomic mass is 9.89. The summed E-state index contributed by atoms with van der Waals surface area (Å²) >= 11 is 7.11. The second-order valence-corrected chi connectivity index (χ2v) is 10.4. The molecule has 0 N–H and O–H groups in total. The van der Waals surface area contributed by atoms with Crippen LogP contribution in [0.4, 0.5) is 17.1 Å². The molecule has 1 unspecified atom stereocenters. The summed E-state index contributed by atoms with van der Waals surface area (Å²) in [7, 11) is 0. The highest BCUT2D eigenvalue weighted by atomic mass is 79.9. The topological polar surface area (TPSA) is 3.24 Å². The fourth-order valence-corrected chi connectivity index (χ4v) is 4.91. The molecule has 3 heteroatoms. The first-order chi connectivity index (χ1) is 16.5. The molecule has 0 aliphatic rings. The highest BCUT2D eigenvalue weighted by Gasteiger charge is 2.14. The van der Waals surface area contributed by atoms with Crippen molar-refractivity contribution < 1.29 is 0 Å². The Labute approximate surface area is 220 Å². The van der Waals surface area contributed by atoms with Gasteiger partial charge >= 0.3 is 0 Å². The molecule has 0 heterocycles. The van der Waals surface area contributed by atoms with E-state index in [1.54, 1.807) is 0 Å². The van der Waals surface area contributed by atoms with Gasteiger partial charge in [-0.25, -0.2) is 0 Å². The van der Waals surface area contributed by atoms with Gasteiger partial charge in [0.2, 0.25) is 0 Å². The van der Waals surface area contributed by atoms with Crippen molar-refractivity contribution in [1.82, 2.24) is 0 Å². The second-order valence-electron chi connectivity index (χ2n) is 8.57. The van der Waals surface area contributed by atoms with E-state index in [0.717, 1.165) is 26.0 Å². The minimum atomic E-state index is 0.516. The predicted molar refractivity (Wildman–Crippen MR) is 155 cm³/mol. The summed E-state index contributed by atoms with van der Waals surface area (Å²) in [5.74, 6) is 0.516. The monoisotopic (exact) mass is 573 g/mol. The van der Waals surface area contributed by atoms with Gasteiger partial charge in [-0.2, -0.15) is 0 Å². The molecule has 0 aliphatic carbocycles. The summed E-state index contributed by atoms with van der Waals surface area (Å²) < 4.78 is 2.14. The van der Waals surface area contributed by atoms with Gasteiger partial charge in [0.05, 0.1) is 0 Å². The molecule has 0 aromatic heterocycles. The maximum atomic E-state index is 4.02. The maximum absolute atomic E-state index is 4.02. The molecule has 34 heavy (non-hydrogen) atoms. The van der Waals surface area contributed by atoms with Crippen molar-refractivity contribution in [2.45, 2.75) is 32.6 Å². The van der Waals surface area contributed by atoms with Crippen molar-refractivity contribution >= 4 is 55.0 Å². The Kier molecular flexibility index (Phi) is 8.07. The largest absolute Gasteiger partial charge is 0.311 e. The van der Waals surface area contributed by atoms with Gasteiger partial charge in [0.25, 0.3) is 0 Å². The van der Waals surface area contributed by atoms with Crippen molar-refractivity contribution in [3.05, 3.63) is 118 Å². The summed E-state index contributed by atoms with van der Waals surface area (Å²) in [5.41, 5.74) is 8.43. The van der Waals surface area contributed by atoms with Crippen LogP contribution in [-0.2, 0) is 0 Å². The van der Waals surface area contributed by atoms with Crippen LogP contribution in [0.25, 0.3) is 17.2 Å². The van der Waals surface area contributed by atoms with Gasteiger partial charge < -0.3 is 4.90 Å². The first-order valence-corrected chi connectivity index (χ1v) is 13.3. The molecule has 0 spiro atoms. The maximum Gasteiger partial charge on any atom is 0.0462 e. The zero-order chi connectivity index (χ0) is 24.1. The number of hydrogen-bond donors (Lipinski definition) is 0. The number of nitrogens with zero attached hydrogens (tertiary/aromatic N) is 1. The quantitative estimate of drug-likeness (QED) is 0.202. The van der Waals surface area contributed by atoms with Gasteiger partial charge in [-0.3, -0.25) is 0 Å². The Balaban J connectivity index is 1.72. The van der Waals surface area contributed by atoms with Crippen molar-refractivity contribution in [3.8, 4) is 11.1 Å². The highest BCUT2D eigenvalue weighted by Crippen LogP contribution is 2.37. The Morgan fingerprint density at radius 1 is 0.735 bits per heavy atom. The molecule has 172 valence electrons. The molecular formula is C31H29Br2N. The molecule has 0 bridgehead atoms. The average molecular weight is 575 g/mol. The van der Waals surface area contributed by atoms with E-state index in [0.29, 0.717) is 5.92 Å². The Morgan fingerprint density at radius 3 is 1.68 bits per heavy atom. The van der Waals surface area contributed by atoms with Gasteiger partial charge in [0, 0.05) is 26.0 Å². The van der Waals surface area contributed by atoms with E-state index in [4.69, 9.17) is 0 Å². The van der Waals surface area contributed by atoms with Gasteiger partial charge in [0.15, 0.2) is 0 Å². The third-order valence-electron chi connectivity index (χ3n) is 6.19. The van der Waals surface area contributed by atoms with E-state index in [1.807, 2.05) is 6.08 Å². The summed E-state index contributed by atoms with van der Waals surface area (Å²) in [6, 6.07) is 32.4. The van der Waals surface area contributed by atoms with Crippen molar-refractivity contribution in [1.29, 1.82) is 0 Å². The summed E-state index contributed by atoms with van der Waals surface area (Å²) in [6.07, 6.45) is 4.33. The Bertz CT molecular complexity index is 1200. The lowest BCUT2D eigenvalue weighted by Gasteiger charge is -2.26. The van der Waals surface area contributed by atoms with Gasteiger partial charge in [-0.15, -0.1) is 0 Å². The SMILES string of the molecule is C=Cc1ccc(-c2ccc(N(c3ccc(Br)cc3)c3ccc(Br)cc3)cc2)cc1C(C)CCC. The lowest BCUT2D eigenvalue weighted by Crippen LogP contribution is -2.09. The van der Waals surface area contributed by atoms with E-state index in [2.05, 4.69) is 148 Å². The standard InChI is InChI=1S/C31H29Br2N/c1-4-6-22(3)31-21-25(8-7-23(31)5-2)24-9-15-28(16-10-24)34(29-17-11-26(32)12-18-29)30-19-13-27(33)14-20-30/h5,7-22H,2,4,6H2,1,3H3. The predicted octanol–water partition coefficient (Wildman–Crippen LogP) is 10.9. The van der Waals surface area contributed by atoms with E-state index in [1.165, 1.54) is 35.1 Å². The molecule has 4 rings (SSSR count). The van der Waals surface area contributed by atoms with E-state index in [-0.39, 0.29) is 0 Å². The van der Waals surface area contributed by atoms with Crippen LogP contribution in [0.2, 0.25) is 0 Å². The Hall–Kier alpha value is -2.62. The van der Waals surface area contributed by atoms with E-state index < -0.39 is 0 Å². The molecule has 4 aromatic carbocycles. The number of rotatable bonds is 8. The van der Waals surface area contributed by atoms with Crippen molar-refractivity contribution in [3.63, 3.8) is 0 Å². The van der Waals surface area contributed by atoms with Crippen LogP contribution >= 0.6 is 31.9 Å². The van der Waals surface area contributed by atoms with Crippen LogP contribution in [0.3, 0.4) is 0 Å². The smallest absolute Gasteiger partial charge is 0.0462 e. The molecule has 1 atom stereocenters. The molecule has 0 aliphatic heterocycles. The van der Waals surface area contributed by atoms with Crippen LogP contribution in [0, 0.1) is 0 Å². The summed E-state index contributed by atoms with van der Waals surface area (Å²) in [4.78, 5) is 2.28. The number of halogens is 2. The van der Waals surface area contributed by atoms with Crippen LogP contribution in [0.1, 0.15) is 43.7 Å². The average Bonchev–Trinajstić information content (AvgIpc) is 2.86. The molecule has 0 saturated carbocycles. The highest BCUT2D eigenvalue weighted by molar-refractivity contribution is 9.10. The zero-order valence-electron chi connectivity index (χ0n) is 19.6. The van der Waals surface area contributed by atoms with Crippen LogP contribution in [-0.4, -0.2) is 0 Å². The summed E-state index contributed by atoms with van der Waals surface area (Å²) in [6.45, 7) is 8.58. The number of anilines is 3. The van der Waals surface area contributed by atoms with Crippen LogP contribution in [0.5, 0.6) is 0 Å². The molecular weight excluding hydrogens is 546 g/mol. The van der Waals surface area contributed by atoms with E-state index >= 15 is 0 Å².